The standard InChI is InChI=1S/C24H27N3O5S/c1-23(2,3)31-21(29)26-16-8-7-14(13-28)11-15(16)12-18(26)19-20-17(9-10-33-20)27(25-19)22(30)32-24(4,5)6/h7-8,11-13H,9-10H2,1-6H3. The van der Waals surface area contributed by atoms with Gasteiger partial charge in [0.15, 0.2) is 0 Å². The number of aromatic nitrogens is 3. The van der Waals surface area contributed by atoms with Crippen LogP contribution >= 0.6 is 11.8 Å². The fraction of sp³-hybridized carbons (Fsp3) is 0.417. The quantitative estimate of drug-likeness (QED) is 0.456. The largest absolute Gasteiger partial charge is 0.443 e. The van der Waals surface area contributed by atoms with E-state index >= 15 is 0 Å². The first-order valence-corrected chi connectivity index (χ1v) is 11.7. The molecule has 0 atom stereocenters. The topological polar surface area (TPSA) is 92.4 Å². The molecule has 0 N–H and O–H groups in total. The molecule has 3 heterocycles. The summed E-state index contributed by atoms with van der Waals surface area (Å²) >= 11 is 1.58. The number of hydrogen-bond acceptors (Lipinski definition) is 7. The third-order valence-electron chi connectivity index (χ3n) is 4.86. The molecule has 9 heteroatoms. The smallest absolute Gasteiger partial charge is 0.435 e. The van der Waals surface area contributed by atoms with Crippen molar-refractivity contribution in [1.82, 2.24) is 14.3 Å². The van der Waals surface area contributed by atoms with Gasteiger partial charge in [0.05, 0.1) is 21.8 Å². The summed E-state index contributed by atoms with van der Waals surface area (Å²) < 4.78 is 14.0. The average molecular weight is 470 g/mol. The van der Waals surface area contributed by atoms with Crippen molar-refractivity contribution in [2.24, 2.45) is 0 Å². The number of nitrogens with zero attached hydrogens (tertiary/aromatic N) is 3. The van der Waals surface area contributed by atoms with E-state index in [9.17, 15) is 14.4 Å². The van der Waals surface area contributed by atoms with Crippen molar-refractivity contribution in [3.63, 3.8) is 0 Å². The second-order valence-electron chi connectivity index (χ2n) is 9.90. The van der Waals surface area contributed by atoms with Crippen molar-refractivity contribution in [2.75, 3.05) is 5.75 Å². The zero-order valence-corrected chi connectivity index (χ0v) is 20.4. The van der Waals surface area contributed by atoms with Crippen LogP contribution in [0.3, 0.4) is 0 Å². The molecule has 0 fully saturated rings. The van der Waals surface area contributed by atoms with Gasteiger partial charge in [-0.2, -0.15) is 9.78 Å². The zero-order chi connectivity index (χ0) is 24.1. The Kier molecular flexibility index (Phi) is 5.64. The predicted molar refractivity (Wildman–Crippen MR) is 126 cm³/mol. The van der Waals surface area contributed by atoms with Crippen LogP contribution in [0.5, 0.6) is 0 Å². The molecule has 1 aliphatic rings. The first kappa shape index (κ1) is 23.1. The highest BCUT2D eigenvalue weighted by Gasteiger charge is 2.32. The van der Waals surface area contributed by atoms with Crippen LogP contribution in [0.2, 0.25) is 0 Å². The van der Waals surface area contributed by atoms with Crippen molar-refractivity contribution in [3.8, 4) is 11.4 Å². The summed E-state index contributed by atoms with van der Waals surface area (Å²) in [6.07, 6.45) is 0.300. The normalized spacial score (nSPS) is 13.8. The van der Waals surface area contributed by atoms with E-state index < -0.39 is 23.4 Å². The zero-order valence-electron chi connectivity index (χ0n) is 19.6. The Morgan fingerprint density at radius 2 is 1.70 bits per heavy atom. The van der Waals surface area contributed by atoms with Gasteiger partial charge in [0.2, 0.25) is 0 Å². The number of carbonyl (C=O) groups excluding carboxylic acids is 3. The molecule has 0 spiro atoms. The van der Waals surface area contributed by atoms with E-state index in [-0.39, 0.29) is 0 Å². The molecule has 33 heavy (non-hydrogen) atoms. The molecule has 2 aromatic heterocycles. The van der Waals surface area contributed by atoms with E-state index in [4.69, 9.17) is 9.47 Å². The SMILES string of the molecule is CC(C)(C)OC(=O)n1nc(-c2cc3cc(C=O)ccc3n2C(=O)OC(C)(C)C)c2c1CCS2. The van der Waals surface area contributed by atoms with Crippen LogP contribution in [0.25, 0.3) is 22.3 Å². The second kappa shape index (κ2) is 8.06. The molecule has 1 aliphatic heterocycles. The van der Waals surface area contributed by atoms with Crippen molar-refractivity contribution in [3.05, 3.63) is 35.5 Å². The third-order valence-corrected chi connectivity index (χ3v) is 5.99. The number of hydrogen-bond donors (Lipinski definition) is 0. The Morgan fingerprint density at radius 3 is 2.33 bits per heavy atom. The highest BCUT2D eigenvalue weighted by molar-refractivity contribution is 7.99. The third kappa shape index (κ3) is 4.55. The highest BCUT2D eigenvalue weighted by atomic mass is 32.2. The Balaban J connectivity index is 1.92. The van der Waals surface area contributed by atoms with Gasteiger partial charge in [-0.1, -0.05) is 0 Å². The molecule has 8 nitrogen and oxygen atoms in total. The van der Waals surface area contributed by atoms with Crippen molar-refractivity contribution >= 4 is 41.1 Å². The Hall–Kier alpha value is -3.07. The minimum atomic E-state index is -0.708. The number of aldehydes is 1. The molecule has 0 saturated heterocycles. The fourth-order valence-corrected chi connectivity index (χ4v) is 4.81. The molecule has 1 aromatic carbocycles. The fourth-order valence-electron chi connectivity index (χ4n) is 3.67. The summed E-state index contributed by atoms with van der Waals surface area (Å²) in [5.74, 6) is 0.797. The van der Waals surface area contributed by atoms with Crippen LogP contribution in [0.1, 0.15) is 57.6 Å². The summed E-state index contributed by atoms with van der Waals surface area (Å²) in [4.78, 5) is 38.3. The van der Waals surface area contributed by atoms with Gasteiger partial charge in [0.1, 0.15) is 23.2 Å². The maximum atomic E-state index is 13.3. The molecule has 0 radical (unpaired) electrons. The first-order chi connectivity index (χ1) is 15.4. The van der Waals surface area contributed by atoms with Crippen molar-refractivity contribution in [2.45, 2.75) is 64.1 Å². The van der Waals surface area contributed by atoms with Gasteiger partial charge >= 0.3 is 12.2 Å². The highest BCUT2D eigenvalue weighted by Crippen LogP contribution is 2.41. The summed E-state index contributed by atoms with van der Waals surface area (Å²) in [7, 11) is 0. The molecular formula is C24H27N3O5S. The summed E-state index contributed by atoms with van der Waals surface area (Å²) in [5.41, 5.74) is 1.48. The Labute approximate surface area is 196 Å². The summed E-state index contributed by atoms with van der Waals surface area (Å²) in [6, 6.07) is 6.88. The van der Waals surface area contributed by atoms with E-state index in [1.54, 1.807) is 77.6 Å². The minimum absolute atomic E-state index is 0.495. The van der Waals surface area contributed by atoms with Gasteiger partial charge in [-0.15, -0.1) is 11.8 Å². The van der Waals surface area contributed by atoms with Crippen LogP contribution in [-0.2, 0) is 15.9 Å². The molecule has 3 aromatic rings. The monoisotopic (exact) mass is 469 g/mol. The number of rotatable bonds is 2. The summed E-state index contributed by atoms with van der Waals surface area (Å²) in [5, 5.41) is 5.28. The van der Waals surface area contributed by atoms with E-state index in [2.05, 4.69) is 5.10 Å². The number of ether oxygens (including phenoxy) is 2. The van der Waals surface area contributed by atoms with E-state index in [1.165, 1.54) is 9.25 Å². The van der Waals surface area contributed by atoms with Crippen LogP contribution in [0.15, 0.2) is 29.2 Å². The molecule has 0 aliphatic carbocycles. The molecule has 0 amide bonds. The average Bonchev–Trinajstić information content (AvgIpc) is 3.37. The van der Waals surface area contributed by atoms with Crippen LogP contribution in [-0.4, -0.2) is 49.8 Å². The van der Waals surface area contributed by atoms with Gasteiger partial charge in [-0.25, -0.2) is 14.2 Å². The van der Waals surface area contributed by atoms with Gasteiger partial charge in [0.25, 0.3) is 0 Å². The lowest BCUT2D eigenvalue weighted by Crippen LogP contribution is -2.29. The molecule has 0 bridgehead atoms. The van der Waals surface area contributed by atoms with E-state index in [0.29, 0.717) is 34.3 Å². The lowest BCUT2D eigenvalue weighted by atomic mass is 10.1. The summed E-state index contributed by atoms with van der Waals surface area (Å²) in [6.45, 7) is 10.8. The molecule has 4 rings (SSSR count). The lowest BCUT2D eigenvalue weighted by molar-refractivity contribution is 0.0508. The minimum Gasteiger partial charge on any atom is -0.443 e. The Bertz CT molecular complexity index is 1270. The van der Waals surface area contributed by atoms with Gasteiger partial charge in [0, 0.05) is 23.1 Å². The van der Waals surface area contributed by atoms with Crippen LogP contribution in [0.4, 0.5) is 9.59 Å². The van der Waals surface area contributed by atoms with Gasteiger partial charge in [-0.3, -0.25) is 4.79 Å². The van der Waals surface area contributed by atoms with Crippen molar-refractivity contribution in [1.29, 1.82) is 0 Å². The number of carbonyl (C=O) groups is 3. The number of fused-ring (bicyclic) bond motifs is 2. The molecule has 0 saturated carbocycles. The van der Waals surface area contributed by atoms with Crippen LogP contribution < -0.4 is 0 Å². The van der Waals surface area contributed by atoms with E-state index in [1.807, 2.05) is 0 Å². The maximum absolute atomic E-state index is 13.3. The van der Waals surface area contributed by atoms with Crippen LogP contribution in [0, 0.1) is 0 Å². The maximum Gasteiger partial charge on any atom is 0.435 e. The molecule has 174 valence electrons. The van der Waals surface area contributed by atoms with Gasteiger partial charge in [-0.05, 0) is 65.8 Å². The first-order valence-electron chi connectivity index (χ1n) is 10.7. The molecule has 0 unspecified atom stereocenters. The number of thioether (sulfide) groups is 1. The van der Waals surface area contributed by atoms with Gasteiger partial charge < -0.3 is 9.47 Å². The lowest BCUT2D eigenvalue weighted by Gasteiger charge is -2.21. The second-order valence-corrected chi connectivity index (χ2v) is 11.0. The molecular weight excluding hydrogens is 442 g/mol. The Morgan fingerprint density at radius 1 is 1.03 bits per heavy atom. The number of benzene rings is 1. The predicted octanol–water partition coefficient (Wildman–Crippen LogP) is 5.53. The van der Waals surface area contributed by atoms with E-state index in [0.717, 1.165) is 22.6 Å². The van der Waals surface area contributed by atoms with Crippen molar-refractivity contribution < 1.29 is 23.9 Å².